The van der Waals surface area contributed by atoms with Gasteiger partial charge in [-0.15, -0.1) is 0 Å². The summed E-state index contributed by atoms with van der Waals surface area (Å²) in [6, 6.07) is -1.24. The molecule has 0 saturated heterocycles. The molecule has 11 nitrogen and oxygen atoms in total. The average Bonchev–Trinajstić information content (AvgIpc) is 2.52. The molecule has 0 unspecified atom stereocenters. The van der Waals surface area contributed by atoms with E-state index in [4.69, 9.17) is 25.4 Å². The Balaban J connectivity index is -0.00000208. The number of hydrogen-bond donors (Lipinski definition) is 4. The van der Waals surface area contributed by atoms with E-state index in [1.165, 1.54) is 6.92 Å². The van der Waals surface area contributed by atoms with Crippen molar-refractivity contribution in [3.05, 3.63) is 23.0 Å². The summed E-state index contributed by atoms with van der Waals surface area (Å²) in [6.45, 7) is 0.826. The maximum Gasteiger partial charge on any atom is 2.00 e. The second-order valence-corrected chi connectivity index (χ2v) is 6.19. The first-order valence-electron chi connectivity index (χ1n) is 6.88. The molecule has 1 aromatic heterocycles. The minimum Gasteiger partial charge on any atom is -1.00 e. The molecule has 1 aromatic rings. The average molecular weight is 403 g/mol. The monoisotopic (exact) mass is 402 g/mol. The third kappa shape index (κ3) is 7.87. The van der Waals surface area contributed by atoms with Gasteiger partial charge in [0.2, 0.25) is 0 Å². The molecule has 13 heteroatoms. The van der Waals surface area contributed by atoms with Gasteiger partial charge in [0, 0.05) is 18.2 Å². The summed E-state index contributed by atoms with van der Waals surface area (Å²) in [5, 5.41) is 8.66. The molecule has 26 heavy (non-hydrogen) atoms. The summed E-state index contributed by atoms with van der Waals surface area (Å²) in [5.74, 6) is -2.30. The van der Waals surface area contributed by atoms with E-state index < -0.39 is 32.4 Å². The Hall–Kier alpha value is -1.40. The molecular formula is C13H19MgN2O9P. The van der Waals surface area contributed by atoms with Crippen LogP contribution in [0, 0.1) is 6.92 Å². The number of nitrogens with zero attached hydrogens (tertiary/aromatic N) is 1. The summed E-state index contributed by atoms with van der Waals surface area (Å²) in [4.78, 5) is 55.0. The zero-order valence-corrected chi connectivity index (χ0v) is 16.1. The molecule has 1 rings (SSSR count). The Labute approximate surface area is 167 Å². The number of rotatable bonds is 9. The van der Waals surface area contributed by atoms with Gasteiger partial charge in [-0.2, -0.15) is 0 Å². The predicted molar refractivity (Wildman–Crippen MR) is 89.7 cm³/mol. The summed E-state index contributed by atoms with van der Waals surface area (Å²) in [5.41, 5.74) is 5.31. The van der Waals surface area contributed by atoms with Crippen molar-refractivity contribution in [2.24, 2.45) is 5.73 Å². The molecule has 0 aliphatic rings. The molecule has 0 spiro atoms. The van der Waals surface area contributed by atoms with Gasteiger partial charge in [-0.05, 0) is 13.3 Å². The van der Waals surface area contributed by atoms with Crippen LogP contribution in [0.4, 0.5) is 0 Å². The van der Waals surface area contributed by atoms with Gasteiger partial charge in [0.1, 0.15) is 6.04 Å². The number of esters is 1. The number of ether oxygens (including phenoxy) is 1. The van der Waals surface area contributed by atoms with Gasteiger partial charge < -0.3 is 28.2 Å². The molecule has 0 aliphatic carbocycles. The molecule has 1 heterocycles. The molecule has 0 aromatic carbocycles. The number of phosphoric acid groups is 1. The normalized spacial score (nSPS) is 12.0. The summed E-state index contributed by atoms with van der Waals surface area (Å²) >= 11 is 0. The molecule has 0 fully saturated rings. The van der Waals surface area contributed by atoms with E-state index in [9.17, 15) is 18.9 Å². The predicted octanol–water partition coefficient (Wildman–Crippen LogP) is -0.246. The Bertz CT molecular complexity index is 732. The topological polar surface area (TPSA) is 186 Å². The number of carbonyl (C=O) groups is 3. The summed E-state index contributed by atoms with van der Waals surface area (Å²) < 4.78 is 20.1. The maximum absolute atomic E-state index is 11.8. The fourth-order valence-corrected chi connectivity index (χ4v) is 2.04. The van der Waals surface area contributed by atoms with E-state index in [0.717, 1.165) is 6.20 Å². The van der Waals surface area contributed by atoms with Crippen LogP contribution in [0.1, 0.15) is 37.3 Å². The van der Waals surface area contributed by atoms with Crippen LogP contribution in [0.3, 0.4) is 0 Å². The van der Waals surface area contributed by atoms with E-state index >= 15 is 0 Å². The van der Waals surface area contributed by atoms with Gasteiger partial charge in [0.25, 0.3) is 0 Å². The smallest absolute Gasteiger partial charge is 1.00 e. The first-order valence-corrected chi connectivity index (χ1v) is 8.41. The Kier molecular flexibility index (Phi) is 10.1. The van der Waals surface area contributed by atoms with Crippen molar-refractivity contribution >= 4 is 49.1 Å². The third-order valence-electron chi connectivity index (χ3n) is 3.03. The van der Waals surface area contributed by atoms with Gasteiger partial charge in [0.05, 0.1) is 17.9 Å². The van der Waals surface area contributed by atoms with Gasteiger partial charge in [-0.1, -0.05) is 0 Å². The Morgan fingerprint density at radius 2 is 2.08 bits per heavy atom. The van der Waals surface area contributed by atoms with Crippen LogP contribution in [0.5, 0.6) is 5.75 Å². The van der Waals surface area contributed by atoms with Crippen LogP contribution in [0.15, 0.2) is 6.20 Å². The SMILES string of the molecule is Cc1ncc(COP(=O)(O)O)c(C=O)c1OC(=O)CC[C@H](N)C(=O)O.[H-].[H-].[Mg+2]. The molecule has 1 atom stereocenters. The fraction of sp³-hybridized carbons (Fsp3) is 0.385. The van der Waals surface area contributed by atoms with E-state index in [2.05, 4.69) is 9.51 Å². The van der Waals surface area contributed by atoms with Crippen molar-refractivity contribution in [3.63, 3.8) is 0 Å². The second-order valence-electron chi connectivity index (χ2n) is 4.95. The van der Waals surface area contributed by atoms with Crippen LogP contribution in [-0.4, -0.2) is 67.2 Å². The maximum atomic E-state index is 11.8. The number of carboxylic acids is 1. The molecule has 142 valence electrons. The minimum absolute atomic E-state index is 0. The minimum atomic E-state index is -4.77. The van der Waals surface area contributed by atoms with Gasteiger partial charge in [-0.3, -0.25) is 23.9 Å². The number of nitrogens with two attached hydrogens (primary N) is 1. The number of aldehydes is 1. The Morgan fingerprint density at radius 3 is 2.58 bits per heavy atom. The number of phosphoric ester groups is 1. The first kappa shape index (κ1) is 24.6. The van der Waals surface area contributed by atoms with Gasteiger partial charge in [0.15, 0.2) is 12.0 Å². The van der Waals surface area contributed by atoms with Crippen LogP contribution in [0.25, 0.3) is 0 Å². The third-order valence-corrected chi connectivity index (χ3v) is 3.50. The van der Waals surface area contributed by atoms with Gasteiger partial charge >= 0.3 is 42.8 Å². The second kappa shape index (κ2) is 10.7. The zero-order chi connectivity index (χ0) is 19.2. The largest absolute Gasteiger partial charge is 2.00 e. The van der Waals surface area contributed by atoms with E-state index in [1.807, 2.05) is 0 Å². The summed E-state index contributed by atoms with van der Waals surface area (Å²) in [6.07, 6.45) is 1.01. The van der Waals surface area contributed by atoms with Crippen molar-refractivity contribution in [1.82, 2.24) is 4.98 Å². The number of aliphatic carboxylic acids is 1. The van der Waals surface area contributed by atoms with Gasteiger partial charge in [-0.25, -0.2) is 4.57 Å². The number of hydrogen-bond acceptors (Lipinski definition) is 8. The van der Waals surface area contributed by atoms with Crippen molar-refractivity contribution in [1.29, 1.82) is 0 Å². The first-order chi connectivity index (χ1) is 11.5. The number of carboxylic acid groups (broad SMARTS) is 1. The van der Waals surface area contributed by atoms with E-state index in [-0.39, 0.29) is 61.3 Å². The number of carbonyl (C=O) groups excluding carboxylic acids is 2. The molecule has 0 bridgehead atoms. The summed E-state index contributed by atoms with van der Waals surface area (Å²) in [7, 11) is -4.77. The molecule has 5 N–H and O–H groups in total. The number of aromatic nitrogens is 1. The molecule has 0 radical (unpaired) electrons. The van der Waals surface area contributed by atoms with Crippen molar-refractivity contribution in [2.75, 3.05) is 0 Å². The number of pyridine rings is 1. The van der Waals surface area contributed by atoms with Crippen LogP contribution in [0.2, 0.25) is 0 Å². The van der Waals surface area contributed by atoms with Crippen molar-refractivity contribution in [2.45, 2.75) is 32.4 Å². The fourth-order valence-electron chi connectivity index (χ4n) is 1.73. The van der Waals surface area contributed by atoms with Crippen LogP contribution < -0.4 is 10.5 Å². The quantitative estimate of drug-likeness (QED) is 0.185. The molecular weight excluding hydrogens is 383 g/mol. The van der Waals surface area contributed by atoms with Crippen LogP contribution in [-0.2, 0) is 25.3 Å². The zero-order valence-electron chi connectivity index (χ0n) is 15.8. The Morgan fingerprint density at radius 1 is 1.46 bits per heavy atom. The van der Waals surface area contributed by atoms with E-state index in [1.54, 1.807) is 0 Å². The molecule has 0 aliphatic heterocycles. The van der Waals surface area contributed by atoms with Crippen molar-refractivity contribution < 1.29 is 46.0 Å². The standard InChI is InChI=1S/C13H17N2O9P.Mg.2H/c1-7-12(24-11(17)3-2-10(14)13(18)19)9(5-16)8(4-15-7)6-23-25(20,21)22;;;/h4-5,10H,2-3,6,14H2,1H3,(H,18,19)(H2,20,21,22);;;/q;+2;2*-1/t10-;;;/m0.../s1. The van der Waals surface area contributed by atoms with Crippen molar-refractivity contribution in [3.8, 4) is 5.75 Å². The molecule has 0 saturated carbocycles. The molecule has 0 amide bonds. The number of aryl methyl sites for hydroxylation is 1. The van der Waals surface area contributed by atoms with Crippen LogP contribution >= 0.6 is 7.82 Å². The van der Waals surface area contributed by atoms with E-state index in [0.29, 0.717) is 6.29 Å².